The molecule has 0 aliphatic carbocycles. The zero-order chi connectivity index (χ0) is 14.5. The molecule has 0 saturated carbocycles. The van der Waals surface area contributed by atoms with Crippen molar-refractivity contribution in [3.05, 3.63) is 0 Å². The third kappa shape index (κ3) is 3.83. The highest BCUT2D eigenvalue weighted by atomic mass is 16.5. The molecule has 20 heavy (non-hydrogen) atoms. The summed E-state index contributed by atoms with van der Waals surface area (Å²) in [4.78, 5) is 26.3. The van der Waals surface area contributed by atoms with Crippen molar-refractivity contribution in [2.75, 3.05) is 39.4 Å². The van der Waals surface area contributed by atoms with Gasteiger partial charge < -0.3 is 24.7 Å². The van der Waals surface area contributed by atoms with Crippen molar-refractivity contribution in [2.24, 2.45) is 5.92 Å². The molecule has 2 heterocycles. The molecule has 0 aromatic heterocycles. The van der Waals surface area contributed by atoms with Gasteiger partial charge in [-0.3, -0.25) is 0 Å². The molecule has 2 N–H and O–H groups in total. The molecule has 2 rings (SSSR count). The van der Waals surface area contributed by atoms with Crippen molar-refractivity contribution in [3.63, 3.8) is 0 Å². The number of carbonyl (C=O) groups excluding carboxylic acids is 1. The van der Waals surface area contributed by atoms with Crippen molar-refractivity contribution in [2.45, 2.75) is 25.4 Å². The molecule has 1 unspecified atom stereocenters. The number of aliphatic carboxylic acids is 1. The van der Waals surface area contributed by atoms with E-state index >= 15 is 0 Å². The van der Waals surface area contributed by atoms with Gasteiger partial charge in [-0.2, -0.15) is 0 Å². The lowest BCUT2D eigenvalue weighted by molar-refractivity contribution is -0.145. The molecule has 2 fully saturated rings. The zero-order valence-corrected chi connectivity index (χ0v) is 11.5. The number of piperidine rings is 1. The molecule has 0 aromatic carbocycles. The van der Waals surface area contributed by atoms with Crippen LogP contribution in [-0.4, -0.2) is 77.5 Å². The van der Waals surface area contributed by atoms with Crippen molar-refractivity contribution >= 4 is 12.0 Å². The molecule has 7 heteroatoms. The van der Waals surface area contributed by atoms with E-state index in [-0.39, 0.29) is 31.3 Å². The van der Waals surface area contributed by atoms with Crippen LogP contribution in [0.5, 0.6) is 0 Å². The second kappa shape index (κ2) is 6.90. The number of carboxylic acids is 1. The van der Waals surface area contributed by atoms with Crippen LogP contribution in [0.3, 0.4) is 0 Å². The first-order chi connectivity index (χ1) is 9.60. The number of aliphatic hydroxyl groups is 1. The van der Waals surface area contributed by atoms with Crippen molar-refractivity contribution in [3.8, 4) is 0 Å². The minimum absolute atomic E-state index is 0.0256. The van der Waals surface area contributed by atoms with Crippen LogP contribution in [0, 0.1) is 5.92 Å². The van der Waals surface area contributed by atoms with Gasteiger partial charge in [-0.25, -0.2) is 9.59 Å². The molecule has 2 aliphatic rings. The molecule has 7 nitrogen and oxygen atoms in total. The summed E-state index contributed by atoms with van der Waals surface area (Å²) in [5.41, 5.74) is 0. The second-order valence-electron chi connectivity index (χ2n) is 5.46. The number of urea groups is 1. The van der Waals surface area contributed by atoms with Gasteiger partial charge in [0.1, 0.15) is 6.61 Å². The summed E-state index contributed by atoms with van der Waals surface area (Å²) in [6.07, 6.45) is 2.14. The number of likely N-dealkylation sites (tertiary alicyclic amines) is 2. The van der Waals surface area contributed by atoms with Gasteiger partial charge in [-0.05, 0) is 19.3 Å². The molecule has 2 aliphatic heterocycles. The van der Waals surface area contributed by atoms with Gasteiger partial charge in [0.05, 0.1) is 6.10 Å². The maximum Gasteiger partial charge on any atom is 0.329 e. The number of amides is 2. The number of nitrogens with zero attached hydrogens (tertiary/aromatic N) is 2. The first-order valence-corrected chi connectivity index (χ1v) is 7.08. The van der Waals surface area contributed by atoms with Crippen molar-refractivity contribution < 1.29 is 24.5 Å². The van der Waals surface area contributed by atoms with Crippen LogP contribution in [0.2, 0.25) is 0 Å². The Bertz CT molecular complexity index is 355. The van der Waals surface area contributed by atoms with Gasteiger partial charge >= 0.3 is 12.0 Å². The van der Waals surface area contributed by atoms with Crippen LogP contribution < -0.4 is 0 Å². The van der Waals surface area contributed by atoms with E-state index in [1.54, 1.807) is 9.80 Å². The maximum atomic E-state index is 12.3. The molecule has 114 valence electrons. The van der Waals surface area contributed by atoms with Crippen LogP contribution in [0.4, 0.5) is 4.79 Å². The average Bonchev–Trinajstić information content (AvgIpc) is 2.94. The predicted octanol–water partition coefficient (Wildman–Crippen LogP) is -0.0138. The predicted molar refractivity (Wildman–Crippen MR) is 70.3 cm³/mol. The minimum atomic E-state index is -0.962. The Kier molecular flexibility index (Phi) is 5.19. The highest BCUT2D eigenvalue weighted by Crippen LogP contribution is 2.20. The van der Waals surface area contributed by atoms with Crippen molar-refractivity contribution in [1.82, 2.24) is 9.80 Å². The fourth-order valence-electron chi connectivity index (χ4n) is 2.76. The number of ether oxygens (including phenoxy) is 1. The van der Waals surface area contributed by atoms with E-state index in [1.165, 1.54) is 0 Å². The third-order valence-corrected chi connectivity index (χ3v) is 3.97. The number of aliphatic hydroxyl groups excluding tert-OH is 1. The SMILES string of the molecule is O=C(O)COC1CCN(C(=O)N2CCC(CO)C2)CC1. The summed E-state index contributed by atoms with van der Waals surface area (Å²) >= 11 is 0. The quantitative estimate of drug-likeness (QED) is 0.758. The maximum absolute atomic E-state index is 12.3. The third-order valence-electron chi connectivity index (χ3n) is 3.97. The molecule has 2 amide bonds. The smallest absolute Gasteiger partial charge is 0.329 e. The highest BCUT2D eigenvalue weighted by Gasteiger charge is 2.31. The van der Waals surface area contributed by atoms with Crippen LogP contribution in [-0.2, 0) is 9.53 Å². The van der Waals surface area contributed by atoms with E-state index in [0.717, 1.165) is 6.42 Å². The average molecular weight is 286 g/mol. The first kappa shape index (κ1) is 15.1. The van der Waals surface area contributed by atoms with Gasteiger partial charge in [0, 0.05) is 38.7 Å². The van der Waals surface area contributed by atoms with Gasteiger partial charge in [0.2, 0.25) is 0 Å². The lowest BCUT2D eigenvalue weighted by Gasteiger charge is -2.34. The number of hydrogen-bond donors (Lipinski definition) is 2. The summed E-state index contributed by atoms with van der Waals surface area (Å²) in [6, 6.07) is 0.0256. The normalized spacial score (nSPS) is 24.1. The second-order valence-corrected chi connectivity index (χ2v) is 5.46. The summed E-state index contributed by atoms with van der Waals surface area (Å²) in [5, 5.41) is 17.7. The lowest BCUT2D eigenvalue weighted by atomic mass is 10.1. The molecule has 0 aromatic rings. The van der Waals surface area contributed by atoms with E-state index in [1.807, 2.05) is 0 Å². The number of carbonyl (C=O) groups is 2. The standard InChI is InChI=1S/C13H22N2O5/c16-8-10-1-4-15(7-10)13(19)14-5-2-11(3-6-14)20-9-12(17)18/h10-11,16H,1-9H2,(H,17,18). The van der Waals surface area contributed by atoms with Crippen molar-refractivity contribution in [1.29, 1.82) is 0 Å². The molecular weight excluding hydrogens is 264 g/mol. The summed E-state index contributed by atoms with van der Waals surface area (Å²) in [6.45, 7) is 2.40. The van der Waals surface area contributed by atoms with Gasteiger partial charge in [-0.1, -0.05) is 0 Å². The minimum Gasteiger partial charge on any atom is -0.480 e. The molecular formula is C13H22N2O5. The fourth-order valence-corrected chi connectivity index (χ4v) is 2.76. The lowest BCUT2D eigenvalue weighted by Crippen LogP contribution is -2.47. The Morgan fingerprint density at radius 1 is 1.10 bits per heavy atom. The van der Waals surface area contributed by atoms with Crippen LogP contribution in [0.1, 0.15) is 19.3 Å². The topological polar surface area (TPSA) is 90.3 Å². The van der Waals surface area contributed by atoms with E-state index in [0.29, 0.717) is 39.0 Å². The number of hydrogen-bond acceptors (Lipinski definition) is 4. The largest absolute Gasteiger partial charge is 0.480 e. The Balaban J connectivity index is 1.73. The Hall–Kier alpha value is -1.34. The number of carboxylic acid groups (broad SMARTS) is 1. The fraction of sp³-hybridized carbons (Fsp3) is 0.846. The molecule has 0 radical (unpaired) electrons. The molecule has 0 spiro atoms. The highest BCUT2D eigenvalue weighted by molar-refractivity contribution is 5.74. The molecule has 2 saturated heterocycles. The van der Waals surface area contributed by atoms with Gasteiger partial charge in [0.15, 0.2) is 0 Å². The number of rotatable bonds is 4. The molecule has 1 atom stereocenters. The van der Waals surface area contributed by atoms with Crippen LogP contribution >= 0.6 is 0 Å². The van der Waals surface area contributed by atoms with Crippen LogP contribution in [0.25, 0.3) is 0 Å². The summed E-state index contributed by atoms with van der Waals surface area (Å²) in [5.74, 6) is -0.758. The van der Waals surface area contributed by atoms with E-state index < -0.39 is 5.97 Å². The van der Waals surface area contributed by atoms with Gasteiger partial charge in [0.25, 0.3) is 0 Å². The van der Waals surface area contributed by atoms with E-state index in [9.17, 15) is 9.59 Å². The Morgan fingerprint density at radius 2 is 1.75 bits per heavy atom. The summed E-state index contributed by atoms with van der Waals surface area (Å²) < 4.78 is 5.25. The zero-order valence-electron chi connectivity index (χ0n) is 11.5. The Labute approximate surface area is 118 Å². The monoisotopic (exact) mass is 286 g/mol. The Morgan fingerprint density at radius 3 is 2.30 bits per heavy atom. The summed E-state index contributed by atoms with van der Waals surface area (Å²) in [7, 11) is 0. The van der Waals surface area contributed by atoms with Crippen LogP contribution in [0.15, 0.2) is 0 Å². The molecule has 0 bridgehead atoms. The first-order valence-electron chi connectivity index (χ1n) is 7.08. The van der Waals surface area contributed by atoms with E-state index in [2.05, 4.69) is 0 Å². The van der Waals surface area contributed by atoms with E-state index in [4.69, 9.17) is 14.9 Å². The van der Waals surface area contributed by atoms with Gasteiger partial charge in [-0.15, -0.1) is 0 Å².